The standard InChI is InChI=1S/C22H28FN3O2S/c1-29(27,28)26-19-8-6-18(7-9-19)25-22-12-20(22)17-5-10-21(24-14-17)16-4-2-3-15(11-16)13-23/h2-5,10-11,14,18-20,22,25-26H,6-9,12-13H2,1H3/t18?,19?,20-,22+/m1/s1. The number of aromatic nitrogens is 1. The van der Waals surface area contributed by atoms with Crippen LogP contribution in [0.3, 0.4) is 0 Å². The predicted octanol–water partition coefficient (Wildman–Crippen LogP) is 3.52. The van der Waals surface area contributed by atoms with Gasteiger partial charge in [0.2, 0.25) is 10.0 Å². The molecule has 0 bridgehead atoms. The van der Waals surface area contributed by atoms with E-state index in [-0.39, 0.29) is 6.04 Å². The van der Waals surface area contributed by atoms with Gasteiger partial charge in [0.15, 0.2) is 0 Å². The van der Waals surface area contributed by atoms with E-state index in [1.54, 1.807) is 6.07 Å². The second-order valence-electron chi connectivity index (χ2n) is 8.36. The van der Waals surface area contributed by atoms with E-state index in [1.807, 2.05) is 30.5 Å². The first-order valence-corrected chi connectivity index (χ1v) is 12.1. The molecule has 1 heterocycles. The van der Waals surface area contributed by atoms with Crippen LogP contribution in [-0.4, -0.2) is 37.8 Å². The monoisotopic (exact) mass is 417 g/mol. The molecule has 1 aromatic carbocycles. The maximum atomic E-state index is 12.9. The van der Waals surface area contributed by atoms with E-state index in [4.69, 9.17) is 0 Å². The first-order valence-electron chi connectivity index (χ1n) is 10.3. The molecule has 2 N–H and O–H groups in total. The topological polar surface area (TPSA) is 71.1 Å². The number of alkyl halides is 1. The molecule has 2 atom stereocenters. The summed E-state index contributed by atoms with van der Waals surface area (Å²) < 4.78 is 38.3. The van der Waals surface area contributed by atoms with Gasteiger partial charge in [-0.05, 0) is 55.4 Å². The predicted molar refractivity (Wildman–Crippen MR) is 113 cm³/mol. The third kappa shape index (κ3) is 5.41. The third-order valence-corrected chi connectivity index (χ3v) is 6.70. The molecule has 1 aromatic heterocycles. The van der Waals surface area contributed by atoms with Crippen LogP contribution in [0.2, 0.25) is 0 Å². The fraction of sp³-hybridized carbons (Fsp3) is 0.500. The van der Waals surface area contributed by atoms with Crippen LogP contribution < -0.4 is 10.0 Å². The highest BCUT2D eigenvalue weighted by Crippen LogP contribution is 2.42. The minimum absolute atomic E-state index is 0.0747. The Bertz CT molecular complexity index is 941. The number of nitrogens with one attached hydrogen (secondary N) is 2. The smallest absolute Gasteiger partial charge is 0.208 e. The van der Waals surface area contributed by atoms with Crippen molar-refractivity contribution in [2.24, 2.45) is 0 Å². The van der Waals surface area contributed by atoms with E-state index in [0.29, 0.717) is 23.6 Å². The number of nitrogens with zero attached hydrogens (tertiary/aromatic N) is 1. The second-order valence-corrected chi connectivity index (χ2v) is 10.1. The Morgan fingerprint density at radius 2 is 1.86 bits per heavy atom. The summed E-state index contributed by atoms with van der Waals surface area (Å²) >= 11 is 0. The molecule has 2 aliphatic rings. The average molecular weight is 418 g/mol. The van der Waals surface area contributed by atoms with Crippen molar-refractivity contribution < 1.29 is 12.8 Å². The summed E-state index contributed by atoms with van der Waals surface area (Å²) in [6.45, 7) is -0.465. The van der Waals surface area contributed by atoms with E-state index in [1.165, 1.54) is 11.8 Å². The van der Waals surface area contributed by atoms with Gasteiger partial charge in [0.05, 0.1) is 11.9 Å². The molecule has 7 heteroatoms. The van der Waals surface area contributed by atoms with Gasteiger partial charge in [-0.15, -0.1) is 0 Å². The zero-order valence-corrected chi connectivity index (χ0v) is 17.5. The van der Waals surface area contributed by atoms with Crippen molar-refractivity contribution >= 4 is 10.0 Å². The van der Waals surface area contributed by atoms with E-state index in [2.05, 4.69) is 21.1 Å². The number of rotatable bonds is 7. The third-order valence-electron chi connectivity index (χ3n) is 5.94. The van der Waals surface area contributed by atoms with Crippen LogP contribution in [0.15, 0.2) is 42.6 Å². The van der Waals surface area contributed by atoms with Crippen LogP contribution in [0.4, 0.5) is 4.39 Å². The summed E-state index contributed by atoms with van der Waals surface area (Å²) in [5.41, 5.74) is 3.71. The summed E-state index contributed by atoms with van der Waals surface area (Å²) in [4.78, 5) is 4.60. The molecular formula is C22H28FN3O2S. The zero-order valence-electron chi connectivity index (χ0n) is 16.6. The lowest BCUT2D eigenvalue weighted by atomic mass is 9.91. The largest absolute Gasteiger partial charge is 0.311 e. The number of halogens is 1. The average Bonchev–Trinajstić information content (AvgIpc) is 3.48. The molecular weight excluding hydrogens is 389 g/mol. The molecule has 2 aliphatic carbocycles. The van der Waals surface area contributed by atoms with Crippen LogP contribution in [0.1, 0.15) is 49.1 Å². The molecule has 0 radical (unpaired) electrons. The Kier molecular flexibility index (Phi) is 5.99. The van der Waals surface area contributed by atoms with Crippen LogP contribution >= 0.6 is 0 Å². The summed E-state index contributed by atoms with van der Waals surface area (Å²) in [5.74, 6) is 0.487. The van der Waals surface area contributed by atoms with Crippen molar-refractivity contribution in [3.05, 3.63) is 53.7 Å². The molecule has 29 heavy (non-hydrogen) atoms. The second kappa shape index (κ2) is 8.50. The molecule has 4 rings (SSSR count). The highest BCUT2D eigenvalue weighted by Gasteiger charge is 2.40. The lowest BCUT2D eigenvalue weighted by Gasteiger charge is -2.29. The van der Waals surface area contributed by atoms with Gasteiger partial charge in [-0.1, -0.05) is 24.3 Å². The van der Waals surface area contributed by atoms with E-state index >= 15 is 0 Å². The van der Waals surface area contributed by atoms with Crippen molar-refractivity contribution in [1.29, 1.82) is 0 Å². The van der Waals surface area contributed by atoms with Gasteiger partial charge in [-0.2, -0.15) is 0 Å². The van der Waals surface area contributed by atoms with Gasteiger partial charge in [-0.3, -0.25) is 4.98 Å². The Hall–Kier alpha value is -1.83. The quantitative estimate of drug-likeness (QED) is 0.723. The van der Waals surface area contributed by atoms with Crippen LogP contribution in [-0.2, 0) is 16.7 Å². The highest BCUT2D eigenvalue weighted by molar-refractivity contribution is 7.88. The molecule has 0 unspecified atom stereocenters. The van der Waals surface area contributed by atoms with Gasteiger partial charge < -0.3 is 5.32 Å². The van der Waals surface area contributed by atoms with Crippen molar-refractivity contribution in [2.75, 3.05) is 6.26 Å². The number of hydrogen-bond donors (Lipinski definition) is 2. The van der Waals surface area contributed by atoms with Crippen molar-refractivity contribution in [1.82, 2.24) is 15.0 Å². The molecule has 0 amide bonds. The minimum Gasteiger partial charge on any atom is -0.311 e. The Labute approximate surface area is 172 Å². The SMILES string of the molecule is CS(=O)(=O)NC1CCC(N[C@H]2C[C@@H]2c2ccc(-c3cccc(CF)c3)nc2)CC1. The minimum atomic E-state index is -3.12. The molecule has 0 spiro atoms. The van der Waals surface area contributed by atoms with E-state index < -0.39 is 16.7 Å². The summed E-state index contributed by atoms with van der Waals surface area (Å²) in [6, 6.07) is 12.6. The maximum Gasteiger partial charge on any atom is 0.208 e. The van der Waals surface area contributed by atoms with Crippen molar-refractivity contribution in [3.63, 3.8) is 0 Å². The lowest BCUT2D eigenvalue weighted by molar-refractivity contribution is 0.326. The first kappa shape index (κ1) is 20.4. The van der Waals surface area contributed by atoms with E-state index in [0.717, 1.165) is 43.4 Å². The van der Waals surface area contributed by atoms with Crippen LogP contribution in [0.5, 0.6) is 0 Å². The van der Waals surface area contributed by atoms with Gasteiger partial charge in [-0.25, -0.2) is 17.5 Å². The normalized spacial score (nSPS) is 27.0. The highest BCUT2D eigenvalue weighted by atomic mass is 32.2. The van der Waals surface area contributed by atoms with Gasteiger partial charge in [0.25, 0.3) is 0 Å². The molecule has 2 saturated carbocycles. The number of hydrogen-bond acceptors (Lipinski definition) is 4. The molecule has 156 valence electrons. The molecule has 5 nitrogen and oxygen atoms in total. The molecule has 0 aliphatic heterocycles. The Balaban J connectivity index is 1.28. The van der Waals surface area contributed by atoms with Crippen molar-refractivity contribution in [2.45, 2.75) is 62.8 Å². The lowest BCUT2D eigenvalue weighted by Crippen LogP contribution is -2.42. The Morgan fingerprint density at radius 3 is 2.52 bits per heavy atom. The molecule has 2 fully saturated rings. The number of sulfonamides is 1. The van der Waals surface area contributed by atoms with Gasteiger partial charge >= 0.3 is 0 Å². The van der Waals surface area contributed by atoms with E-state index in [9.17, 15) is 12.8 Å². The maximum absolute atomic E-state index is 12.9. The van der Waals surface area contributed by atoms with Gasteiger partial charge in [0, 0.05) is 35.8 Å². The fourth-order valence-electron chi connectivity index (χ4n) is 4.34. The first-order chi connectivity index (χ1) is 13.9. The fourth-order valence-corrected chi connectivity index (χ4v) is 5.18. The Morgan fingerprint density at radius 1 is 1.10 bits per heavy atom. The van der Waals surface area contributed by atoms with Crippen molar-refractivity contribution in [3.8, 4) is 11.3 Å². The number of benzene rings is 1. The summed E-state index contributed by atoms with van der Waals surface area (Å²) in [7, 11) is -3.12. The van der Waals surface area contributed by atoms with Gasteiger partial charge in [0.1, 0.15) is 6.67 Å². The molecule has 2 aromatic rings. The summed E-state index contributed by atoms with van der Waals surface area (Å²) in [6.07, 6.45) is 8.05. The zero-order chi connectivity index (χ0) is 20.4. The number of pyridine rings is 1. The van der Waals surface area contributed by atoms with Crippen LogP contribution in [0.25, 0.3) is 11.3 Å². The van der Waals surface area contributed by atoms with Crippen LogP contribution in [0, 0.1) is 0 Å². The molecule has 0 saturated heterocycles. The summed E-state index contributed by atoms with van der Waals surface area (Å²) in [5, 5.41) is 3.74.